The van der Waals surface area contributed by atoms with Gasteiger partial charge < -0.3 is 15.5 Å². The minimum atomic E-state index is -0.819. The minimum absolute atomic E-state index is 0.174. The molecule has 8 nitrogen and oxygen atoms in total. The third-order valence-electron chi connectivity index (χ3n) is 5.83. The van der Waals surface area contributed by atoms with Crippen molar-refractivity contribution in [2.24, 2.45) is 0 Å². The van der Waals surface area contributed by atoms with E-state index in [4.69, 9.17) is 11.6 Å². The molecule has 0 aliphatic carbocycles. The molecule has 3 aromatic rings. The van der Waals surface area contributed by atoms with Gasteiger partial charge in [-0.25, -0.2) is 9.97 Å². The number of halogens is 1. The first-order chi connectivity index (χ1) is 15.7. The van der Waals surface area contributed by atoms with Crippen molar-refractivity contribution in [1.82, 2.24) is 19.7 Å². The molecule has 1 aliphatic rings. The SMILES string of the molecule is CNC(=O)c1cc(Cl)ncc1NC(=O)C1(c2ccccc2C(C)C)CN(c2nc(C)ns2)C1. The van der Waals surface area contributed by atoms with Crippen LogP contribution in [0.2, 0.25) is 5.15 Å². The van der Waals surface area contributed by atoms with Crippen molar-refractivity contribution in [2.45, 2.75) is 32.1 Å². The quantitative estimate of drug-likeness (QED) is 0.516. The highest BCUT2D eigenvalue weighted by Gasteiger charge is 2.52. The molecule has 2 amide bonds. The van der Waals surface area contributed by atoms with Gasteiger partial charge in [0, 0.05) is 31.7 Å². The molecule has 0 radical (unpaired) electrons. The molecule has 1 fully saturated rings. The van der Waals surface area contributed by atoms with Crippen LogP contribution in [0.4, 0.5) is 10.8 Å². The summed E-state index contributed by atoms with van der Waals surface area (Å²) in [5.41, 5.74) is 1.84. The second kappa shape index (κ2) is 9.07. The predicted molar refractivity (Wildman–Crippen MR) is 130 cm³/mol. The molecule has 10 heteroatoms. The third-order valence-corrected chi connectivity index (χ3v) is 6.91. The van der Waals surface area contributed by atoms with Gasteiger partial charge in [-0.1, -0.05) is 49.7 Å². The number of aromatic nitrogens is 3. The van der Waals surface area contributed by atoms with Gasteiger partial charge in [0.25, 0.3) is 5.91 Å². The van der Waals surface area contributed by atoms with Crippen LogP contribution in [0.5, 0.6) is 0 Å². The molecule has 0 spiro atoms. The van der Waals surface area contributed by atoms with Gasteiger partial charge in [0.2, 0.25) is 11.0 Å². The largest absolute Gasteiger partial charge is 0.355 e. The van der Waals surface area contributed by atoms with Crippen molar-refractivity contribution in [3.05, 3.63) is 64.2 Å². The standard InChI is InChI=1S/C23H25ClN6O2S/c1-13(2)15-7-5-6-8-17(15)23(11-30(12-23)22-27-14(3)29-33-22)21(32)28-18-10-26-19(24)9-16(18)20(31)25-4/h5-10,13H,11-12H2,1-4H3,(H,25,31)(H,28,32). The number of carbonyl (C=O) groups is 2. The summed E-state index contributed by atoms with van der Waals surface area (Å²) in [4.78, 5) is 36.8. The summed E-state index contributed by atoms with van der Waals surface area (Å²) < 4.78 is 4.27. The van der Waals surface area contributed by atoms with E-state index >= 15 is 0 Å². The van der Waals surface area contributed by atoms with Crippen LogP contribution in [0.1, 0.15) is 47.1 Å². The fraction of sp³-hybridized carbons (Fsp3) is 0.348. The first kappa shape index (κ1) is 23.1. The maximum absolute atomic E-state index is 13.9. The van der Waals surface area contributed by atoms with E-state index in [2.05, 4.69) is 49.8 Å². The lowest BCUT2D eigenvalue weighted by molar-refractivity contribution is -0.122. The lowest BCUT2D eigenvalue weighted by Crippen LogP contribution is -2.65. The van der Waals surface area contributed by atoms with Gasteiger partial charge in [-0.15, -0.1) is 0 Å². The topological polar surface area (TPSA) is 100 Å². The van der Waals surface area contributed by atoms with Gasteiger partial charge in [-0.05, 0) is 30.0 Å². The van der Waals surface area contributed by atoms with Crippen molar-refractivity contribution >= 4 is 45.8 Å². The predicted octanol–water partition coefficient (Wildman–Crippen LogP) is 3.77. The molecular formula is C23H25ClN6O2S. The molecule has 1 saturated heterocycles. The van der Waals surface area contributed by atoms with Crippen LogP contribution in [0.3, 0.4) is 0 Å². The van der Waals surface area contributed by atoms with Crippen LogP contribution in [0, 0.1) is 6.92 Å². The maximum atomic E-state index is 13.9. The highest BCUT2D eigenvalue weighted by Crippen LogP contribution is 2.42. The van der Waals surface area contributed by atoms with Crippen molar-refractivity contribution in [3.63, 3.8) is 0 Å². The Morgan fingerprint density at radius 2 is 1.97 bits per heavy atom. The molecule has 0 unspecified atom stereocenters. The summed E-state index contributed by atoms with van der Waals surface area (Å²) >= 11 is 7.32. The molecule has 2 N–H and O–H groups in total. The summed E-state index contributed by atoms with van der Waals surface area (Å²) in [5, 5.41) is 6.50. The van der Waals surface area contributed by atoms with Crippen LogP contribution in [0.25, 0.3) is 0 Å². The molecule has 172 valence electrons. The zero-order valence-corrected chi connectivity index (χ0v) is 20.4. The van der Waals surface area contributed by atoms with E-state index in [1.807, 2.05) is 25.1 Å². The molecule has 0 atom stereocenters. The van der Waals surface area contributed by atoms with Crippen molar-refractivity contribution in [1.29, 1.82) is 0 Å². The maximum Gasteiger partial charge on any atom is 0.253 e. The third kappa shape index (κ3) is 4.30. The second-order valence-electron chi connectivity index (χ2n) is 8.39. The Morgan fingerprint density at radius 3 is 2.61 bits per heavy atom. The Balaban J connectivity index is 1.73. The van der Waals surface area contributed by atoms with E-state index < -0.39 is 5.41 Å². The van der Waals surface area contributed by atoms with Gasteiger partial charge in [0.05, 0.1) is 17.4 Å². The highest BCUT2D eigenvalue weighted by atomic mass is 35.5. The number of nitrogens with one attached hydrogen (secondary N) is 2. The lowest BCUT2D eigenvalue weighted by atomic mass is 9.70. The number of benzene rings is 1. The number of amides is 2. The van der Waals surface area contributed by atoms with Gasteiger partial charge in [0.1, 0.15) is 16.4 Å². The normalized spacial score (nSPS) is 14.7. The summed E-state index contributed by atoms with van der Waals surface area (Å²) in [6, 6.07) is 9.46. The first-order valence-electron chi connectivity index (χ1n) is 10.6. The van der Waals surface area contributed by atoms with Gasteiger partial charge in [-0.3, -0.25) is 9.59 Å². The van der Waals surface area contributed by atoms with E-state index in [0.717, 1.165) is 16.3 Å². The Labute approximate surface area is 201 Å². The Bertz CT molecular complexity index is 1210. The molecular weight excluding hydrogens is 460 g/mol. The zero-order valence-electron chi connectivity index (χ0n) is 18.8. The Kier molecular flexibility index (Phi) is 6.36. The van der Waals surface area contributed by atoms with Crippen LogP contribution >= 0.6 is 23.1 Å². The summed E-state index contributed by atoms with van der Waals surface area (Å²) in [6.07, 6.45) is 1.41. The van der Waals surface area contributed by atoms with Gasteiger partial charge in [-0.2, -0.15) is 4.37 Å². The Morgan fingerprint density at radius 1 is 1.24 bits per heavy atom. The number of aryl methyl sites for hydroxylation is 1. The molecule has 3 heterocycles. The number of pyridine rings is 1. The van der Waals surface area contributed by atoms with Crippen LogP contribution in [-0.4, -0.2) is 46.3 Å². The molecule has 1 aliphatic heterocycles. The second-order valence-corrected chi connectivity index (χ2v) is 9.51. The number of anilines is 2. The van der Waals surface area contributed by atoms with E-state index in [9.17, 15) is 9.59 Å². The van der Waals surface area contributed by atoms with Crippen molar-refractivity contribution in [2.75, 3.05) is 30.4 Å². The summed E-state index contributed by atoms with van der Waals surface area (Å²) in [7, 11) is 1.52. The molecule has 0 saturated carbocycles. The van der Waals surface area contributed by atoms with Crippen molar-refractivity contribution in [3.8, 4) is 0 Å². The molecule has 33 heavy (non-hydrogen) atoms. The van der Waals surface area contributed by atoms with Crippen LogP contribution in [0.15, 0.2) is 36.5 Å². The number of rotatable bonds is 6. The molecule has 1 aromatic carbocycles. The summed E-state index contributed by atoms with van der Waals surface area (Å²) in [6.45, 7) is 6.98. The monoisotopic (exact) mass is 484 g/mol. The average molecular weight is 485 g/mol. The van der Waals surface area contributed by atoms with Crippen LogP contribution in [-0.2, 0) is 10.2 Å². The lowest BCUT2D eigenvalue weighted by Gasteiger charge is -2.49. The van der Waals surface area contributed by atoms with E-state index in [1.165, 1.54) is 30.8 Å². The molecule has 4 rings (SSSR count). The molecule has 2 aromatic heterocycles. The van der Waals surface area contributed by atoms with E-state index in [1.54, 1.807) is 0 Å². The zero-order chi connectivity index (χ0) is 23.8. The Hall–Kier alpha value is -3.04. The minimum Gasteiger partial charge on any atom is -0.355 e. The van der Waals surface area contributed by atoms with Crippen LogP contribution < -0.4 is 15.5 Å². The van der Waals surface area contributed by atoms with Gasteiger partial charge in [0.15, 0.2) is 0 Å². The average Bonchev–Trinajstić information content (AvgIpc) is 3.19. The first-order valence-corrected chi connectivity index (χ1v) is 11.7. The molecule has 0 bridgehead atoms. The number of hydrogen-bond acceptors (Lipinski definition) is 7. The fourth-order valence-corrected chi connectivity index (χ4v) is 4.95. The van der Waals surface area contributed by atoms with Crippen molar-refractivity contribution < 1.29 is 9.59 Å². The smallest absolute Gasteiger partial charge is 0.253 e. The highest BCUT2D eigenvalue weighted by molar-refractivity contribution is 7.09. The fourth-order valence-electron chi connectivity index (χ4n) is 4.12. The van der Waals surface area contributed by atoms with E-state index in [-0.39, 0.29) is 28.4 Å². The number of nitrogens with zero attached hydrogens (tertiary/aromatic N) is 4. The van der Waals surface area contributed by atoms with E-state index in [0.29, 0.717) is 24.6 Å². The van der Waals surface area contributed by atoms with Gasteiger partial charge >= 0.3 is 0 Å². The number of hydrogen-bond donors (Lipinski definition) is 2. The summed E-state index contributed by atoms with van der Waals surface area (Å²) in [5.74, 6) is 0.387. The number of carbonyl (C=O) groups excluding carboxylic acids is 2.